The molecule has 0 saturated carbocycles. The largest absolute Gasteiger partial charge is 0.339 e. The minimum absolute atomic E-state index is 0.220. The van der Waals surface area contributed by atoms with Crippen LogP contribution < -0.4 is 5.73 Å². The number of nitrogens with zero attached hydrogens (tertiary/aromatic N) is 2. The lowest BCUT2D eigenvalue weighted by Gasteiger charge is -2.36. The average molecular weight is 271 g/mol. The molecular weight excluding hydrogens is 250 g/mol. The molecular formula is C16H21N3O. The Morgan fingerprint density at radius 3 is 2.80 bits per heavy atom. The third kappa shape index (κ3) is 1.95. The monoisotopic (exact) mass is 271 g/mol. The molecule has 1 aliphatic rings. The molecule has 1 aromatic carbocycles. The molecule has 2 unspecified atom stereocenters. The highest BCUT2D eigenvalue weighted by atomic mass is 16.5. The van der Waals surface area contributed by atoms with Crippen LogP contribution >= 0.6 is 0 Å². The van der Waals surface area contributed by atoms with Crippen molar-refractivity contribution in [3.05, 3.63) is 47.1 Å². The summed E-state index contributed by atoms with van der Waals surface area (Å²) in [4.78, 5) is 4.53. The topological polar surface area (TPSA) is 64.9 Å². The normalized spacial score (nSPS) is 25.8. The molecule has 0 radical (unpaired) electrons. The van der Waals surface area contributed by atoms with Gasteiger partial charge in [0.15, 0.2) is 5.82 Å². The summed E-state index contributed by atoms with van der Waals surface area (Å²) in [6.45, 7) is 6.32. The lowest BCUT2D eigenvalue weighted by atomic mass is 9.72. The first-order chi connectivity index (χ1) is 9.52. The summed E-state index contributed by atoms with van der Waals surface area (Å²) in [5.41, 5.74) is 8.49. The van der Waals surface area contributed by atoms with Gasteiger partial charge in [0.1, 0.15) is 5.54 Å². The quantitative estimate of drug-likeness (QED) is 0.910. The SMILES string of the molecule is CC(C)c1nc(C2(N)CCC(C)c3ccccc32)no1. The van der Waals surface area contributed by atoms with E-state index in [9.17, 15) is 0 Å². The van der Waals surface area contributed by atoms with E-state index in [0.29, 0.717) is 17.6 Å². The van der Waals surface area contributed by atoms with Gasteiger partial charge in [-0.05, 0) is 29.9 Å². The highest BCUT2D eigenvalue weighted by Crippen LogP contribution is 2.42. The molecule has 0 amide bonds. The van der Waals surface area contributed by atoms with Crippen LogP contribution in [0, 0.1) is 0 Å². The molecule has 1 aliphatic carbocycles. The molecule has 20 heavy (non-hydrogen) atoms. The highest BCUT2D eigenvalue weighted by molar-refractivity contribution is 5.42. The number of benzene rings is 1. The summed E-state index contributed by atoms with van der Waals surface area (Å²) in [7, 11) is 0. The number of aromatic nitrogens is 2. The average Bonchev–Trinajstić information content (AvgIpc) is 2.94. The first kappa shape index (κ1) is 13.3. The maximum Gasteiger partial charge on any atom is 0.229 e. The van der Waals surface area contributed by atoms with E-state index in [0.717, 1.165) is 18.4 Å². The van der Waals surface area contributed by atoms with Crippen LogP contribution in [0.25, 0.3) is 0 Å². The van der Waals surface area contributed by atoms with E-state index in [1.165, 1.54) is 5.56 Å². The summed E-state index contributed by atoms with van der Waals surface area (Å²) in [5.74, 6) is 2.01. The van der Waals surface area contributed by atoms with Crippen LogP contribution in [0.2, 0.25) is 0 Å². The van der Waals surface area contributed by atoms with Gasteiger partial charge in [0.2, 0.25) is 5.89 Å². The fraction of sp³-hybridized carbons (Fsp3) is 0.500. The zero-order valence-corrected chi connectivity index (χ0v) is 12.3. The van der Waals surface area contributed by atoms with Crippen LogP contribution in [-0.2, 0) is 5.54 Å². The Morgan fingerprint density at radius 2 is 2.10 bits per heavy atom. The second kappa shape index (κ2) is 4.70. The predicted octanol–water partition coefficient (Wildman–Crippen LogP) is 3.29. The zero-order valence-electron chi connectivity index (χ0n) is 12.3. The Kier molecular flexibility index (Phi) is 3.13. The molecule has 0 fully saturated rings. The molecule has 0 saturated heterocycles. The number of hydrogen-bond donors (Lipinski definition) is 1. The standard InChI is InChI=1S/C16H21N3O/c1-10(2)14-18-15(19-20-14)16(17)9-8-11(3)12-6-4-5-7-13(12)16/h4-7,10-11H,8-9,17H2,1-3H3. The second-order valence-electron chi connectivity index (χ2n) is 6.11. The molecule has 2 aromatic rings. The van der Waals surface area contributed by atoms with E-state index in [1.807, 2.05) is 19.9 Å². The van der Waals surface area contributed by atoms with E-state index in [2.05, 4.69) is 35.3 Å². The van der Waals surface area contributed by atoms with Gasteiger partial charge < -0.3 is 10.3 Å². The van der Waals surface area contributed by atoms with Crippen LogP contribution in [-0.4, -0.2) is 10.1 Å². The molecule has 0 bridgehead atoms. The van der Waals surface area contributed by atoms with Crippen molar-refractivity contribution in [3.63, 3.8) is 0 Å². The first-order valence-electron chi connectivity index (χ1n) is 7.24. The van der Waals surface area contributed by atoms with Crippen LogP contribution in [0.4, 0.5) is 0 Å². The van der Waals surface area contributed by atoms with Crippen molar-refractivity contribution in [3.8, 4) is 0 Å². The van der Waals surface area contributed by atoms with Crippen molar-refractivity contribution in [2.24, 2.45) is 5.73 Å². The van der Waals surface area contributed by atoms with Gasteiger partial charge in [-0.1, -0.05) is 50.2 Å². The smallest absolute Gasteiger partial charge is 0.229 e. The molecule has 1 heterocycles. The number of fused-ring (bicyclic) bond motifs is 1. The lowest BCUT2D eigenvalue weighted by Crippen LogP contribution is -2.42. The Bertz CT molecular complexity index is 620. The van der Waals surface area contributed by atoms with E-state index in [-0.39, 0.29) is 5.92 Å². The third-order valence-electron chi connectivity index (χ3n) is 4.28. The summed E-state index contributed by atoms with van der Waals surface area (Å²) in [6, 6.07) is 8.35. The summed E-state index contributed by atoms with van der Waals surface area (Å²) < 4.78 is 5.35. The molecule has 1 aromatic heterocycles. The fourth-order valence-electron chi connectivity index (χ4n) is 2.95. The number of rotatable bonds is 2. The van der Waals surface area contributed by atoms with E-state index in [4.69, 9.17) is 10.3 Å². The Balaban J connectivity index is 2.10. The molecule has 4 nitrogen and oxygen atoms in total. The van der Waals surface area contributed by atoms with Crippen molar-refractivity contribution < 1.29 is 4.52 Å². The van der Waals surface area contributed by atoms with E-state index < -0.39 is 5.54 Å². The number of hydrogen-bond acceptors (Lipinski definition) is 4. The Labute approximate surface area is 119 Å². The maximum absolute atomic E-state index is 6.68. The molecule has 2 atom stereocenters. The van der Waals surface area contributed by atoms with Crippen LogP contribution in [0.5, 0.6) is 0 Å². The van der Waals surface area contributed by atoms with Gasteiger partial charge in [-0.15, -0.1) is 0 Å². The Morgan fingerprint density at radius 1 is 1.35 bits per heavy atom. The van der Waals surface area contributed by atoms with Gasteiger partial charge in [-0.3, -0.25) is 0 Å². The molecule has 106 valence electrons. The van der Waals surface area contributed by atoms with Crippen LogP contribution in [0.15, 0.2) is 28.8 Å². The minimum atomic E-state index is -0.625. The zero-order chi connectivity index (χ0) is 14.3. The second-order valence-corrected chi connectivity index (χ2v) is 6.11. The number of nitrogens with two attached hydrogens (primary N) is 1. The van der Waals surface area contributed by atoms with Gasteiger partial charge in [-0.2, -0.15) is 4.98 Å². The minimum Gasteiger partial charge on any atom is -0.339 e. The van der Waals surface area contributed by atoms with Crippen LogP contribution in [0.1, 0.15) is 68.3 Å². The summed E-state index contributed by atoms with van der Waals surface area (Å²) in [6.07, 6.45) is 1.89. The molecule has 0 aliphatic heterocycles. The van der Waals surface area contributed by atoms with Gasteiger partial charge in [0, 0.05) is 5.92 Å². The van der Waals surface area contributed by atoms with Gasteiger partial charge >= 0.3 is 0 Å². The highest BCUT2D eigenvalue weighted by Gasteiger charge is 2.40. The summed E-state index contributed by atoms with van der Waals surface area (Å²) in [5, 5.41) is 4.15. The third-order valence-corrected chi connectivity index (χ3v) is 4.28. The van der Waals surface area contributed by atoms with Crippen molar-refractivity contribution in [2.75, 3.05) is 0 Å². The van der Waals surface area contributed by atoms with Crippen LogP contribution in [0.3, 0.4) is 0 Å². The summed E-state index contributed by atoms with van der Waals surface area (Å²) >= 11 is 0. The van der Waals surface area contributed by atoms with Crippen molar-refractivity contribution in [1.29, 1.82) is 0 Å². The Hall–Kier alpha value is -1.68. The maximum atomic E-state index is 6.68. The van der Waals surface area contributed by atoms with E-state index in [1.54, 1.807) is 0 Å². The fourth-order valence-corrected chi connectivity index (χ4v) is 2.95. The molecule has 0 spiro atoms. The van der Waals surface area contributed by atoms with Gasteiger partial charge in [0.25, 0.3) is 0 Å². The van der Waals surface area contributed by atoms with Crippen molar-refractivity contribution >= 4 is 0 Å². The van der Waals surface area contributed by atoms with Crippen molar-refractivity contribution in [2.45, 2.75) is 51.0 Å². The van der Waals surface area contributed by atoms with Crippen molar-refractivity contribution in [1.82, 2.24) is 10.1 Å². The van der Waals surface area contributed by atoms with Gasteiger partial charge in [0.05, 0.1) is 0 Å². The molecule has 2 N–H and O–H groups in total. The van der Waals surface area contributed by atoms with Gasteiger partial charge in [-0.25, -0.2) is 0 Å². The van der Waals surface area contributed by atoms with E-state index >= 15 is 0 Å². The molecule has 3 rings (SSSR count). The predicted molar refractivity (Wildman–Crippen MR) is 77.4 cm³/mol. The molecule has 4 heteroatoms. The first-order valence-corrected chi connectivity index (χ1v) is 7.24. The lowest BCUT2D eigenvalue weighted by molar-refractivity contribution is 0.336.